The highest BCUT2D eigenvalue weighted by Crippen LogP contribution is 2.05. The second kappa shape index (κ2) is 7.92. The number of rotatable bonds is 6. The Bertz CT molecular complexity index is 640. The number of hydrogen-bond donors (Lipinski definition) is 1. The van der Waals surface area contributed by atoms with Gasteiger partial charge in [0, 0.05) is 6.92 Å². The highest BCUT2D eigenvalue weighted by atomic mass is 28.3. The number of hydrogen-bond acceptors (Lipinski definition) is 3. The molecule has 0 heterocycles. The molecule has 0 saturated heterocycles. The van der Waals surface area contributed by atoms with E-state index in [0.717, 1.165) is 17.2 Å². The Kier molecular flexibility index (Phi) is 5.92. The molecule has 0 unspecified atom stereocenters. The van der Waals surface area contributed by atoms with Crippen molar-refractivity contribution in [3.05, 3.63) is 59.7 Å². The Morgan fingerprint density at radius 1 is 1.09 bits per heavy atom. The molecule has 0 aliphatic rings. The molecular weight excluding hydrogens is 292 g/mol. The summed E-state index contributed by atoms with van der Waals surface area (Å²) in [5, 5.41) is 11.9. The van der Waals surface area contributed by atoms with Gasteiger partial charge in [-0.25, -0.2) is 0 Å². The van der Waals surface area contributed by atoms with Gasteiger partial charge in [-0.2, -0.15) is 0 Å². The van der Waals surface area contributed by atoms with Crippen LogP contribution in [0.3, 0.4) is 0 Å². The standard InChI is InChI=1S/C18H21O3Si/c1-3-22(17-8-4-6-15(10-17)12-19)18-9-5-7-16(11-18)13-21-14(2)20/h4-11,19H,3,12-13H2,1-2H3. The fourth-order valence-electron chi connectivity index (χ4n) is 2.47. The van der Waals surface area contributed by atoms with E-state index in [-0.39, 0.29) is 12.6 Å². The first-order valence-corrected chi connectivity index (χ1v) is 9.13. The lowest BCUT2D eigenvalue weighted by molar-refractivity contribution is -0.142. The van der Waals surface area contributed by atoms with Crippen molar-refractivity contribution in [3.8, 4) is 0 Å². The first kappa shape index (κ1) is 16.5. The van der Waals surface area contributed by atoms with E-state index < -0.39 is 8.80 Å². The van der Waals surface area contributed by atoms with Gasteiger partial charge in [0.15, 0.2) is 0 Å². The van der Waals surface area contributed by atoms with E-state index >= 15 is 0 Å². The quantitative estimate of drug-likeness (QED) is 0.654. The van der Waals surface area contributed by atoms with E-state index in [0.29, 0.717) is 6.61 Å². The maximum Gasteiger partial charge on any atom is 0.302 e. The van der Waals surface area contributed by atoms with Crippen molar-refractivity contribution in [1.29, 1.82) is 0 Å². The number of aliphatic hydroxyl groups is 1. The Morgan fingerprint density at radius 2 is 1.68 bits per heavy atom. The van der Waals surface area contributed by atoms with Crippen molar-refractivity contribution in [3.63, 3.8) is 0 Å². The van der Waals surface area contributed by atoms with Crippen LogP contribution in [0.5, 0.6) is 0 Å². The summed E-state index contributed by atoms with van der Waals surface area (Å²) in [6.07, 6.45) is 0. The van der Waals surface area contributed by atoms with Gasteiger partial charge >= 0.3 is 5.97 Å². The van der Waals surface area contributed by atoms with E-state index in [9.17, 15) is 9.90 Å². The van der Waals surface area contributed by atoms with Crippen LogP contribution < -0.4 is 10.4 Å². The van der Waals surface area contributed by atoms with E-state index in [1.807, 2.05) is 24.3 Å². The molecule has 3 nitrogen and oxygen atoms in total. The molecule has 115 valence electrons. The van der Waals surface area contributed by atoms with Gasteiger partial charge in [-0.05, 0) is 11.1 Å². The number of benzene rings is 2. The molecule has 0 amide bonds. The van der Waals surface area contributed by atoms with Crippen LogP contribution in [0.25, 0.3) is 0 Å². The summed E-state index contributed by atoms with van der Waals surface area (Å²) >= 11 is 0. The van der Waals surface area contributed by atoms with Gasteiger partial charge in [-0.1, -0.05) is 71.9 Å². The van der Waals surface area contributed by atoms with Crippen LogP contribution in [0.1, 0.15) is 25.0 Å². The number of carbonyl (C=O) groups is 1. The third-order valence-electron chi connectivity index (χ3n) is 3.53. The van der Waals surface area contributed by atoms with Crippen molar-refractivity contribution in [2.45, 2.75) is 33.1 Å². The molecule has 0 aliphatic carbocycles. The minimum absolute atomic E-state index is 0.0686. The summed E-state index contributed by atoms with van der Waals surface area (Å²) < 4.78 is 5.08. The molecule has 0 saturated carbocycles. The molecule has 2 aromatic rings. The monoisotopic (exact) mass is 313 g/mol. The molecule has 0 fully saturated rings. The van der Waals surface area contributed by atoms with Gasteiger partial charge in [0.25, 0.3) is 0 Å². The maximum absolute atomic E-state index is 10.9. The molecule has 1 radical (unpaired) electrons. The smallest absolute Gasteiger partial charge is 0.302 e. The lowest BCUT2D eigenvalue weighted by Crippen LogP contribution is -2.41. The minimum atomic E-state index is -0.883. The van der Waals surface area contributed by atoms with Crippen molar-refractivity contribution >= 4 is 25.1 Å². The fraction of sp³-hybridized carbons (Fsp3) is 0.278. The first-order chi connectivity index (χ1) is 10.6. The lowest BCUT2D eigenvalue weighted by atomic mass is 10.2. The van der Waals surface area contributed by atoms with Gasteiger partial charge in [0.2, 0.25) is 0 Å². The Balaban J connectivity index is 2.26. The van der Waals surface area contributed by atoms with E-state index in [1.54, 1.807) is 0 Å². The van der Waals surface area contributed by atoms with Crippen molar-refractivity contribution in [1.82, 2.24) is 0 Å². The third kappa shape index (κ3) is 4.29. The van der Waals surface area contributed by atoms with Gasteiger partial charge in [0.05, 0.1) is 6.61 Å². The van der Waals surface area contributed by atoms with Crippen LogP contribution in [0, 0.1) is 0 Å². The third-order valence-corrected chi connectivity index (χ3v) is 6.25. The van der Waals surface area contributed by atoms with E-state index in [2.05, 4.69) is 31.2 Å². The number of aliphatic hydroxyl groups excluding tert-OH is 1. The van der Waals surface area contributed by atoms with Gasteiger partial charge < -0.3 is 9.84 Å². The molecule has 0 aromatic heterocycles. The Hall–Kier alpha value is -1.91. The van der Waals surface area contributed by atoms with Crippen molar-refractivity contribution in [2.24, 2.45) is 0 Å². The molecule has 0 spiro atoms. The number of ether oxygens (including phenoxy) is 1. The fourth-order valence-corrected chi connectivity index (χ4v) is 4.93. The summed E-state index contributed by atoms with van der Waals surface area (Å²) in [7, 11) is -0.883. The predicted molar refractivity (Wildman–Crippen MR) is 89.8 cm³/mol. The molecular formula is C18H21O3Si. The molecule has 0 aliphatic heterocycles. The Labute approximate surface area is 133 Å². The predicted octanol–water partition coefficient (Wildman–Crippen LogP) is 1.87. The molecule has 1 N–H and O–H groups in total. The van der Waals surface area contributed by atoms with Crippen LogP contribution in [-0.2, 0) is 22.7 Å². The molecule has 2 aromatic carbocycles. The zero-order chi connectivity index (χ0) is 15.9. The Morgan fingerprint density at radius 3 is 2.23 bits per heavy atom. The van der Waals surface area contributed by atoms with Gasteiger partial charge in [-0.3, -0.25) is 4.79 Å². The van der Waals surface area contributed by atoms with Crippen LogP contribution in [-0.4, -0.2) is 19.9 Å². The first-order valence-electron chi connectivity index (χ1n) is 7.42. The van der Waals surface area contributed by atoms with Crippen LogP contribution in [0.15, 0.2) is 48.5 Å². The van der Waals surface area contributed by atoms with Crippen molar-refractivity contribution < 1.29 is 14.6 Å². The van der Waals surface area contributed by atoms with Crippen LogP contribution >= 0.6 is 0 Å². The summed E-state index contributed by atoms with van der Waals surface area (Å²) in [5.41, 5.74) is 1.96. The molecule has 0 bridgehead atoms. The second-order valence-electron chi connectivity index (χ2n) is 5.17. The highest BCUT2D eigenvalue weighted by Gasteiger charge is 2.15. The summed E-state index contributed by atoms with van der Waals surface area (Å²) in [6, 6.07) is 17.5. The van der Waals surface area contributed by atoms with Crippen LogP contribution in [0.4, 0.5) is 0 Å². The van der Waals surface area contributed by atoms with Crippen LogP contribution in [0.2, 0.25) is 6.04 Å². The largest absolute Gasteiger partial charge is 0.461 e. The molecule has 0 atom stereocenters. The minimum Gasteiger partial charge on any atom is -0.461 e. The zero-order valence-electron chi connectivity index (χ0n) is 13.0. The summed E-state index contributed by atoms with van der Waals surface area (Å²) in [5.74, 6) is -0.262. The normalized spacial score (nSPS) is 10.7. The maximum atomic E-state index is 10.9. The van der Waals surface area contributed by atoms with Gasteiger partial charge in [-0.15, -0.1) is 0 Å². The van der Waals surface area contributed by atoms with Gasteiger partial charge in [0.1, 0.15) is 15.4 Å². The second-order valence-corrected chi connectivity index (χ2v) is 7.99. The molecule has 2 rings (SSSR count). The lowest BCUT2D eigenvalue weighted by Gasteiger charge is -2.16. The van der Waals surface area contributed by atoms with E-state index in [4.69, 9.17) is 4.74 Å². The van der Waals surface area contributed by atoms with E-state index in [1.165, 1.54) is 17.3 Å². The zero-order valence-corrected chi connectivity index (χ0v) is 14.0. The number of carbonyl (C=O) groups excluding carboxylic acids is 1. The average molecular weight is 313 g/mol. The summed E-state index contributed by atoms with van der Waals surface area (Å²) in [4.78, 5) is 10.9. The summed E-state index contributed by atoms with van der Waals surface area (Å²) in [6.45, 7) is 4.00. The SMILES string of the molecule is CC[Si](c1cccc(CO)c1)c1cccc(COC(C)=O)c1. The topological polar surface area (TPSA) is 46.5 Å². The van der Waals surface area contributed by atoms with Crippen molar-refractivity contribution in [2.75, 3.05) is 0 Å². The molecule has 22 heavy (non-hydrogen) atoms. The number of esters is 1. The average Bonchev–Trinajstić information content (AvgIpc) is 2.54. The molecule has 4 heteroatoms. The highest BCUT2D eigenvalue weighted by molar-refractivity contribution is 6.85.